The molecular weight excluding hydrogens is 434 g/mol. The zero-order chi connectivity index (χ0) is 23.3. The van der Waals surface area contributed by atoms with Crippen molar-refractivity contribution in [2.45, 2.75) is 43.4 Å². The van der Waals surface area contributed by atoms with E-state index in [9.17, 15) is 22.8 Å². The Morgan fingerprint density at radius 3 is 2.62 bits per heavy atom. The fourth-order valence-corrected chi connectivity index (χ4v) is 4.82. The van der Waals surface area contributed by atoms with Crippen LogP contribution >= 0.6 is 0 Å². The number of hydrogen-bond donors (Lipinski definition) is 1. The van der Waals surface area contributed by atoms with E-state index < -0.39 is 10.0 Å². The Morgan fingerprint density at radius 1 is 1.12 bits per heavy atom. The molecule has 0 unspecified atom stereocenters. The molecule has 10 nitrogen and oxygen atoms in total. The van der Waals surface area contributed by atoms with E-state index in [0.717, 1.165) is 30.7 Å². The number of imide groups is 1. The largest absolute Gasteiger partial charge is 0.362 e. The van der Waals surface area contributed by atoms with Crippen molar-refractivity contribution in [1.82, 2.24) is 14.7 Å². The summed E-state index contributed by atoms with van der Waals surface area (Å²) < 4.78 is 29.6. The molecule has 1 N–H and O–H groups in total. The number of sulfonamides is 1. The monoisotopic (exact) mass is 463 g/mol. The Balaban J connectivity index is 1.60. The number of urea groups is 1. The van der Waals surface area contributed by atoms with Crippen LogP contribution in [0.3, 0.4) is 0 Å². The Hall–Kier alpha value is -2.95. The lowest BCUT2D eigenvalue weighted by Crippen LogP contribution is -2.32. The maximum atomic E-state index is 12.8. The second-order valence-corrected chi connectivity index (χ2v) is 9.68. The Labute approximate surface area is 188 Å². The van der Waals surface area contributed by atoms with E-state index in [1.807, 2.05) is 11.9 Å². The van der Waals surface area contributed by atoms with Gasteiger partial charge in [-0.15, -0.1) is 4.40 Å². The minimum absolute atomic E-state index is 0.0109. The molecule has 4 amide bonds. The molecule has 32 heavy (non-hydrogen) atoms. The van der Waals surface area contributed by atoms with Crippen LogP contribution in [0.5, 0.6) is 0 Å². The molecule has 0 bridgehead atoms. The fourth-order valence-electron chi connectivity index (χ4n) is 3.68. The van der Waals surface area contributed by atoms with Crippen molar-refractivity contribution in [2.75, 3.05) is 39.0 Å². The minimum atomic E-state index is -3.90. The van der Waals surface area contributed by atoms with Gasteiger partial charge in [0.05, 0.1) is 4.90 Å². The van der Waals surface area contributed by atoms with Gasteiger partial charge in [0.2, 0.25) is 11.8 Å². The third-order valence-electron chi connectivity index (χ3n) is 5.49. The van der Waals surface area contributed by atoms with Gasteiger partial charge in [0, 0.05) is 45.7 Å². The van der Waals surface area contributed by atoms with Crippen LogP contribution in [0.25, 0.3) is 0 Å². The molecule has 0 aliphatic carbocycles. The molecule has 3 rings (SSSR count). The highest BCUT2D eigenvalue weighted by atomic mass is 32.2. The number of benzene rings is 1. The van der Waals surface area contributed by atoms with E-state index in [4.69, 9.17) is 0 Å². The van der Waals surface area contributed by atoms with Gasteiger partial charge in [0.15, 0.2) is 0 Å². The lowest BCUT2D eigenvalue weighted by molar-refractivity contribution is -0.125. The van der Waals surface area contributed by atoms with Gasteiger partial charge in [-0.2, -0.15) is 8.42 Å². The van der Waals surface area contributed by atoms with Gasteiger partial charge < -0.3 is 15.1 Å². The van der Waals surface area contributed by atoms with E-state index in [1.54, 1.807) is 19.2 Å². The molecule has 0 atom stereocenters. The van der Waals surface area contributed by atoms with Gasteiger partial charge in [-0.1, -0.05) is 12.5 Å². The number of carbonyl (C=O) groups is 3. The summed E-state index contributed by atoms with van der Waals surface area (Å²) in [4.78, 5) is 40.2. The molecule has 0 saturated carbocycles. The number of nitrogens with zero attached hydrogens (tertiary/aromatic N) is 4. The number of carbonyl (C=O) groups excluding carboxylic acids is 3. The summed E-state index contributed by atoms with van der Waals surface area (Å²) in [6.45, 7) is 0.983. The molecule has 2 saturated heterocycles. The van der Waals surface area contributed by atoms with Crippen molar-refractivity contribution in [1.29, 1.82) is 0 Å². The van der Waals surface area contributed by atoms with Crippen LogP contribution in [0.15, 0.2) is 33.6 Å². The summed E-state index contributed by atoms with van der Waals surface area (Å²) in [6.07, 6.45) is 3.97. The first-order valence-electron chi connectivity index (χ1n) is 10.7. The highest BCUT2D eigenvalue weighted by Gasteiger charge is 2.32. The zero-order valence-electron chi connectivity index (χ0n) is 18.4. The van der Waals surface area contributed by atoms with Gasteiger partial charge in [-0.25, -0.2) is 4.79 Å². The number of hydrogen-bond acceptors (Lipinski definition) is 5. The van der Waals surface area contributed by atoms with Crippen molar-refractivity contribution in [3.05, 3.63) is 24.3 Å². The molecule has 2 fully saturated rings. The van der Waals surface area contributed by atoms with Crippen molar-refractivity contribution in [3.8, 4) is 0 Å². The Bertz CT molecular complexity index is 1020. The lowest BCUT2D eigenvalue weighted by Gasteiger charge is -2.17. The van der Waals surface area contributed by atoms with Crippen LogP contribution in [0, 0.1) is 0 Å². The molecule has 1 aromatic carbocycles. The van der Waals surface area contributed by atoms with Crippen LogP contribution in [0.4, 0.5) is 10.5 Å². The summed E-state index contributed by atoms with van der Waals surface area (Å²) >= 11 is 0. The second kappa shape index (κ2) is 10.1. The topological polar surface area (TPSA) is 119 Å². The molecule has 0 aromatic heterocycles. The summed E-state index contributed by atoms with van der Waals surface area (Å²) in [5.74, 6) is -0.0628. The van der Waals surface area contributed by atoms with Gasteiger partial charge >= 0.3 is 6.03 Å². The number of amidine groups is 1. The normalized spacial score (nSPS) is 18.9. The fraction of sp³-hybridized carbons (Fsp3) is 0.524. The van der Waals surface area contributed by atoms with Crippen LogP contribution in [0.2, 0.25) is 0 Å². The van der Waals surface area contributed by atoms with E-state index in [1.165, 1.54) is 17.0 Å². The van der Waals surface area contributed by atoms with Gasteiger partial charge in [0.25, 0.3) is 10.0 Å². The molecular formula is C21H29N5O5S. The highest BCUT2D eigenvalue weighted by Crippen LogP contribution is 2.20. The Kier molecular flexibility index (Phi) is 7.49. The second-order valence-electron chi connectivity index (χ2n) is 8.08. The van der Waals surface area contributed by atoms with Crippen molar-refractivity contribution >= 4 is 39.4 Å². The Morgan fingerprint density at radius 2 is 1.91 bits per heavy atom. The average molecular weight is 464 g/mol. The van der Waals surface area contributed by atoms with E-state index >= 15 is 0 Å². The standard InChI is InChI=1S/C21H29N5O5S/c1-24-12-5-3-4-10-18(24)23-32(30,31)17-9-6-8-16(14-17)22-19(27)11-7-13-26-20(28)15-25(2)21(26)29/h6,8-9,14H,3-5,7,10-13,15H2,1-2H3,(H,22,27)/b23-18-. The zero-order valence-corrected chi connectivity index (χ0v) is 19.2. The predicted octanol–water partition coefficient (Wildman–Crippen LogP) is 1.89. The van der Waals surface area contributed by atoms with Gasteiger partial charge in [-0.05, 0) is 37.5 Å². The third-order valence-corrected chi connectivity index (χ3v) is 6.79. The SMILES string of the molecule is CN1CC(=O)N(CCCC(=O)Nc2cccc(S(=O)(=O)/N=C3/CCCCCN3C)c2)C1=O. The summed E-state index contributed by atoms with van der Waals surface area (Å²) in [5.41, 5.74) is 0.346. The van der Waals surface area contributed by atoms with E-state index in [2.05, 4.69) is 9.71 Å². The van der Waals surface area contributed by atoms with Crippen molar-refractivity contribution in [2.24, 2.45) is 4.40 Å². The van der Waals surface area contributed by atoms with Gasteiger partial charge in [-0.3, -0.25) is 14.5 Å². The van der Waals surface area contributed by atoms with Crippen molar-refractivity contribution in [3.63, 3.8) is 0 Å². The van der Waals surface area contributed by atoms with E-state index in [0.29, 0.717) is 24.4 Å². The predicted molar refractivity (Wildman–Crippen MR) is 120 cm³/mol. The molecule has 0 radical (unpaired) electrons. The molecule has 2 heterocycles. The average Bonchev–Trinajstić information content (AvgIpc) is 2.87. The first-order chi connectivity index (χ1) is 15.2. The smallest absolute Gasteiger partial charge is 0.326 e. The van der Waals surface area contributed by atoms with Crippen molar-refractivity contribution < 1.29 is 22.8 Å². The first-order valence-corrected chi connectivity index (χ1v) is 12.1. The highest BCUT2D eigenvalue weighted by molar-refractivity contribution is 7.90. The lowest BCUT2D eigenvalue weighted by atomic mass is 10.2. The molecule has 11 heteroatoms. The molecule has 2 aliphatic rings. The molecule has 174 valence electrons. The number of nitrogens with one attached hydrogen (secondary N) is 1. The quantitative estimate of drug-likeness (QED) is 0.617. The summed E-state index contributed by atoms with van der Waals surface area (Å²) in [5, 5.41) is 2.67. The maximum Gasteiger partial charge on any atom is 0.326 e. The van der Waals surface area contributed by atoms with Crippen LogP contribution in [-0.2, 0) is 19.6 Å². The van der Waals surface area contributed by atoms with E-state index in [-0.39, 0.29) is 42.3 Å². The summed E-state index contributed by atoms with van der Waals surface area (Å²) in [6, 6.07) is 5.62. The minimum Gasteiger partial charge on any atom is -0.362 e. The number of anilines is 1. The maximum absolute atomic E-state index is 12.8. The molecule has 1 aromatic rings. The van der Waals surface area contributed by atoms with Crippen LogP contribution in [0.1, 0.15) is 38.5 Å². The number of amides is 4. The van der Waals surface area contributed by atoms with Gasteiger partial charge in [0.1, 0.15) is 12.4 Å². The number of likely N-dealkylation sites (N-methyl/N-ethyl adjacent to an activating group) is 1. The molecule has 0 spiro atoms. The molecule has 2 aliphatic heterocycles. The number of rotatable bonds is 7. The summed E-state index contributed by atoms with van der Waals surface area (Å²) in [7, 11) is -0.511. The first kappa shape index (κ1) is 23.7. The van der Waals surface area contributed by atoms with Crippen LogP contribution < -0.4 is 5.32 Å². The van der Waals surface area contributed by atoms with Crippen LogP contribution in [-0.4, -0.2) is 80.5 Å². The number of likely N-dealkylation sites (tertiary alicyclic amines) is 1. The third kappa shape index (κ3) is 5.84.